The number of nitrogens with zero attached hydrogens (tertiary/aromatic N) is 2. The molecule has 1 fully saturated rings. The minimum Gasteiger partial charge on any atom is -0.313 e. The predicted molar refractivity (Wildman–Crippen MR) is 80.1 cm³/mol. The second-order valence-electron chi connectivity index (χ2n) is 6.84. The lowest BCUT2D eigenvalue weighted by Gasteiger charge is -2.30. The molecule has 0 radical (unpaired) electrons. The molecule has 0 saturated carbocycles. The summed E-state index contributed by atoms with van der Waals surface area (Å²) in [6.07, 6.45) is 4.00. The molecule has 108 valence electrons. The van der Waals surface area contributed by atoms with Crippen molar-refractivity contribution in [3.8, 4) is 0 Å². The van der Waals surface area contributed by atoms with Crippen molar-refractivity contribution in [3.63, 3.8) is 0 Å². The SMILES string of the molecule is CCN1CCCC(NCC(C)(C)CN(C)C)CC1. The number of nitrogens with one attached hydrogen (secondary N) is 1. The lowest BCUT2D eigenvalue weighted by molar-refractivity contribution is 0.221. The molecule has 1 heterocycles. The molecule has 1 aliphatic rings. The molecule has 1 atom stereocenters. The van der Waals surface area contributed by atoms with Crippen molar-refractivity contribution in [2.75, 3.05) is 46.8 Å². The average Bonchev–Trinajstić information content (AvgIpc) is 2.49. The van der Waals surface area contributed by atoms with Gasteiger partial charge in [-0.2, -0.15) is 0 Å². The highest BCUT2D eigenvalue weighted by Gasteiger charge is 2.22. The van der Waals surface area contributed by atoms with Gasteiger partial charge < -0.3 is 15.1 Å². The summed E-state index contributed by atoms with van der Waals surface area (Å²) in [5.41, 5.74) is 0.361. The molecular weight excluding hydrogens is 222 g/mol. The summed E-state index contributed by atoms with van der Waals surface area (Å²) in [5.74, 6) is 0. The van der Waals surface area contributed by atoms with E-state index in [-0.39, 0.29) is 0 Å². The van der Waals surface area contributed by atoms with Gasteiger partial charge in [-0.1, -0.05) is 20.8 Å². The van der Waals surface area contributed by atoms with Crippen molar-refractivity contribution in [1.82, 2.24) is 15.1 Å². The second-order valence-corrected chi connectivity index (χ2v) is 6.84. The number of hydrogen-bond donors (Lipinski definition) is 1. The molecule has 1 saturated heterocycles. The van der Waals surface area contributed by atoms with E-state index in [0.717, 1.165) is 19.1 Å². The maximum Gasteiger partial charge on any atom is 0.00799 e. The zero-order chi connectivity index (χ0) is 13.6. The number of hydrogen-bond acceptors (Lipinski definition) is 3. The summed E-state index contributed by atoms with van der Waals surface area (Å²) in [6, 6.07) is 0.725. The highest BCUT2D eigenvalue weighted by Crippen LogP contribution is 2.17. The van der Waals surface area contributed by atoms with Crippen LogP contribution in [-0.4, -0.2) is 62.7 Å². The first-order valence-electron chi connectivity index (χ1n) is 7.53. The van der Waals surface area contributed by atoms with Gasteiger partial charge in [0.2, 0.25) is 0 Å². The maximum atomic E-state index is 3.80. The van der Waals surface area contributed by atoms with Gasteiger partial charge in [0.15, 0.2) is 0 Å². The molecule has 3 nitrogen and oxygen atoms in total. The Bertz CT molecular complexity index is 226. The molecular formula is C15H33N3. The van der Waals surface area contributed by atoms with Crippen LogP contribution in [0.4, 0.5) is 0 Å². The maximum absolute atomic E-state index is 3.80. The molecule has 18 heavy (non-hydrogen) atoms. The summed E-state index contributed by atoms with van der Waals surface area (Å²) < 4.78 is 0. The van der Waals surface area contributed by atoms with E-state index in [1.807, 2.05) is 0 Å². The van der Waals surface area contributed by atoms with E-state index in [1.165, 1.54) is 38.9 Å². The zero-order valence-corrected chi connectivity index (χ0v) is 13.1. The molecule has 1 aliphatic heterocycles. The second kappa shape index (κ2) is 7.46. The predicted octanol–water partition coefficient (Wildman–Crippen LogP) is 2.04. The molecule has 0 aliphatic carbocycles. The number of rotatable bonds is 6. The van der Waals surface area contributed by atoms with Gasteiger partial charge in [-0.3, -0.25) is 0 Å². The van der Waals surface area contributed by atoms with Crippen LogP contribution in [0.5, 0.6) is 0 Å². The Morgan fingerprint density at radius 2 is 1.94 bits per heavy atom. The third-order valence-corrected chi connectivity index (χ3v) is 3.88. The lowest BCUT2D eigenvalue weighted by Crippen LogP contribution is -2.42. The Balaban J connectivity index is 2.30. The molecule has 0 aromatic rings. The van der Waals surface area contributed by atoms with Gasteiger partial charge in [0, 0.05) is 19.1 Å². The molecule has 0 aromatic heterocycles. The summed E-state index contributed by atoms with van der Waals surface area (Å²) in [4.78, 5) is 4.86. The summed E-state index contributed by atoms with van der Waals surface area (Å²) in [7, 11) is 4.32. The van der Waals surface area contributed by atoms with E-state index in [4.69, 9.17) is 0 Å². The highest BCUT2D eigenvalue weighted by molar-refractivity contribution is 4.80. The molecule has 0 amide bonds. The van der Waals surface area contributed by atoms with Gasteiger partial charge in [0.25, 0.3) is 0 Å². The molecule has 0 aromatic carbocycles. The average molecular weight is 255 g/mol. The van der Waals surface area contributed by atoms with Crippen LogP contribution < -0.4 is 5.32 Å². The largest absolute Gasteiger partial charge is 0.313 e. The summed E-state index contributed by atoms with van der Waals surface area (Å²) in [6.45, 7) is 13.0. The highest BCUT2D eigenvalue weighted by atomic mass is 15.1. The molecule has 1 rings (SSSR count). The van der Waals surface area contributed by atoms with Crippen molar-refractivity contribution in [2.24, 2.45) is 5.41 Å². The Morgan fingerprint density at radius 3 is 2.56 bits per heavy atom. The van der Waals surface area contributed by atoms with Crippen molar-refractivity contribution < 1.29 is 0 Å². The van der Waals surface area contributed by atoms with E-state index in [2.05, 4.69) is 50.0 Å². The smallest absolute Gasteiger partial charge is 0.00799 e. The third-order valence-electron chi connectivity index (χ3n) is 3.88. The lowest BCUT2D eigenvalue weighted by atomic mass is 9.92. The monoisotopic (exact) mass is 255 g/mol. The van der Waals surface area contributed by atoms with Crippen molar-refractivity contribution in [2.45, 2.75) is 46.1 Å². The van der Waals surface area contributed by atoms with Crippen LogP contribution in [0, 0.1) is 5.41 Å². The van der Waals surface area contributed by atoms with E-state index in [0.29, 0.717) is 5.41 Å². The zero-order valence-electron chi connectivity index (χ0n) is 13.1. The normalized spacial score (nSPS) is 23.3. The van der Waals surface area contributed by atoms with Crippen LogP contribution >= 0.6 is 0 Å². The van der Waals surface area contributed by atoms with Crippen LogP contribution in [0.25, 0.3) is 0 Å². The Labute approximate surface area is 114 Å². The fraction of sp³-hybridized carbons (Fsp3) is 1.00. The van der Waals surface area contributed by atoms with Crippen molar-refractivity contribution in [1.29, 1.82) is 0 Å². The quantitative estimate of drug-likeness (QED) is 0.783. The first kappa shape index (κ1) is 15.9. The first-order valence-corrected chi connectivity index (χ1v) is 7.53. The van der Waals surface area contributed by atoms with Crippen molar-refractivity contribution >= 4 is 0 Å². The molecule has 0 bridgehead atoms. The van der Waals surface area contributed by atoms with E-state index in [1.54, 1.807) is 0 Å². The summed E-state index contributed by atoms with van der Waals surface area (Å²) in [5, 5.41) is 3.80. The van der Waals surface area contributed by atoms with E-state index in [9.17, 15) is 0 Å². The molecule has 0 spiro atoms. The minimum absolute atomic E-state index is 0.361. The number of likely N-dealkylation sites (tertiary alicyclic amines) is 1. The van der Waals surface area contributed by atoms with Gasteiger partial charge in [-0.25, -0.2) is 0 Å². The third kappa shape index (κ3) is 6.17. The first-order chi connectivity index (χ1) is 8.43. The van der Waals surface area contributed by atoms with Crippen LogP contribution in [0.2, 0.25) is 0 Å². The summed E-state index contributed by atoms with van der Waals surface area (Å²) >= 11 is 0. The van der Waals surface area contributed by atoms with Gasteiger partial charge in [-0.15, -0.1) is 0 Å². The Kier molecular flexibility index (Phi) is 6.61. The van der Waals surface area contributed by atoms with E-state index >= 15 is 0 Å². The molecule has 1 unspecified atom stereocenters. The van der Waals surface area contributed by atoms with Gasteiger partial charge >= 0.3 is 0 Å². The van der Waals surface area contributed by atoms with E-state index < -0.39 is 0 Å². The van der Waals surface area contributed by atoms with Gasteiger partial charge in [0.1, 0.15) is 0 Å². The molecule has 3 heteroatoms. The Morgan fingerprint density at radius 1 is 1.22 bits per heavy atom. The fourth-order valence-corrected chi connectivity index (χ4v) is 3.01. The standard InChI is InChI=1S/C15H33N3/c1-6-18-10-7-8-14(9-11-18)16-12-15(2,3)13-17(4)5/h14,16H,6-13H2,1-5H3. The molecule has 1 N–H and O–H groups in total. The van der Waals surface area contributed by atoms with Crippen LogP contribution in [0.1, 0.15) is 40.0 Å². The van der Waals surface area contributed by atoms with Crippen molar-refractivity contribution in [3.05, 3.63) is 0 Å². The van der Waals surface area contributed by atoms with Gasteiger partial charge in [-0.05, 0) is 58.4 Å². The van der Waals surface area contributed by atoms with Crippen LogP contribution in [0.15, 0.2) is 0 Å². The topological polar surface area (TPSA) is 18.5 Å². The minimum atomic E-state index is 0.361. The van der Waals surface area contributed by atoms with Gasteiger partial charge in [0.05, 0.1) is 0 Å². The van der Waals surface area contributed by atoms with Crippen LogP contribution in [0.3, 0.4) is 0 Å². The Hall–Kier alpha value is -0.120. The fourth-order valence-electron chi connectivity index (χ4n) is 3.01. The van der Waals surface area contributed by atoms with Crippen LogP contribution in [-0.2, 0) is 0 Å².